The molecule has 0 aliphatic rings. The molecule has 12 heteroatoms. The number of benzene rings is 2. The Balaban J connectivity index is 1.25. The minimum absolute atomic E-state index is 0.0751. The van der Waals surface area contributed by atoms with Gasteiger partial charge in [-0.3, -0.25) is 14.8 Å². The van der Waals surface area contributed by atoms with Gasteiger partial charge >= 0.3 is 6.03 Å². The molecule has 2 heterocycles. The van der Waals surface area contributed by atoms with Crippen LogP contribution >= 0.6 is 0 Å². The number of ether oxygens (including phenoxy) is 2. The first-order valence-electron chi connectivity index (χ1n) is 20.6. The van der Waals surface area contributed by atoms with Gasteiger partial charge in [-0.1, -0.05) is 53.7 Å². The van der Waals surface area contributed by atoms with Crippen molar-refractivity contribution in [1.82, 2.24) is 25.9 Å². The number of rotatable bonds is 20. The van der Waals surface area contributed by atoms with Crippen LogP contribution in [-0.2, 0) is 15.6 Å². The van der Waals surface area contributed by atoms with E-state index in [1.807, 2.05) is 24.3 Å². The van der Waals surface area contributed by atoms with Crippen LogP contribution in [0.15, 0.2) is 48.5 Å². The third-order valence-corrected chi connectivity index (χ3v) is 10.1. The van der Waals surface area contributed by atoms with Crippen LogP contribution in [0.4, 0.5) is 16.2 Å². The minimum atomic E-state index is -0.647. The van der Waals surface area contributed by atoms with Crippen molar-refractivity contribution in [2.45, 2.75) is 129 Å². The number of anilines is 2. The second-order valence-electron chi connectivity index (χ2n) is 17.3. The number of nitrogens with one attached hydrogen (secondary N) is 5. The van der Waals surface area contributed by atoms with Crippen molar-refractivity contribution in [3.8, 4) is 11.5 Å². The summed E-state index contributed by atoms with van der Waals surface area (Å²) in [5.74, 6) is 1.35. The van der Waals surface area contributed by atoms with Gasteiger partial charge in [-0.25, -0.2) is 4.79 Å². The molecular weight excluding hydrogens is 717 g/mol. The van der Waals surface area contributed by atoms with Gasteiger partial charge < -0.3 is 41.8 Å². The molecule has 2 aromatic heterocycles. The maximum absolute atomic E-state index is 13.3. The number of pyridine rings is 2. The number of nitrogens with zero attached hydrogens (tertiary/aromatic N) is 2. The molecule has 0 fully saturated rings. The van der Waals surface area contributed by atoms with Crippen LogP contribution in [0.5, 0.6) is 11.5 Å². The van der Waals surface area contributed by atoms with Crippen LogP contribution in [0.25, 0.3) is 21.8 Å². The molecule has 3 atom stereocenters. The van der Waals surface area contributed by atoms with E-state index in [0.717, 1.165) is 94.6 Å². The number of fused-ring (bicyclic) bond motifs is 2. The Bertz CT molecular complexity index is 1940. The van der Waals surface area contributed by atoms with E-state index in [0.29, 0.717) is 26.1 Å². The average molecular weight is 785 g/mol. The number of amides is 3. The van der Waals surface area contributed by atoms with Crippen molar-refractivity contribution in [1.29, 1.82) is 0 Å². The van der Waals surface area contributed by atoms with Crippen molar-refractivity contribution >= 4 is 45.1 Å². The fourth-order valence-corrected chi connectivity index (χ4v) is 6.71. The summed E-state index contributed by atoms with van der Waals surface area (Å²) in [5.41, 5.74) is 11.3. The summed E-state index contributed by atoms with van der Waals surface area (Å²) in [5, 5.41) is 18.2. The third kappa shape index (κ3) is 13.4. The first kappa shape index (κ1) is 44.9. The maximum Gasteiger partial charge on any atom is 0.315 e. The lowest BCUT2D eigenvalue weighted by Crippen LogP contribution is -2.50. The van der Waals surface area contributed by atoms with Crippen molar-refractivity contribution < 1.29 is 19.1 Å². The Labute approximate surface area is 340 Å². The van der Waals surface area contributed by atoms with E-state index < -0.39 is 6.04 Å². The zero-order valence-corrected chi connectivity index (χ0v) is 36.0. The van der Waals surface area contributed by atoms with Gasteiger partial charge in [0, 0.05) is 70.3 Å². The molecule has 0 spiro atoms. The predicted molar refractivity (Wildman–Crippen MR) is 235 cm³/mol. The van der Waals surface area contributed by atoms with Crippen molar-refractivity contribution in [2.24, 2.45) is 5.73 Å². The lowest BCUT2D eigenvalue weighted by Gasteiger charge is -2.22. The lowest BCUT2D eigenvalue weighted by molar-refractivity contribution is -0.123. The zero-order valence-electron chi connectivity index (χ0n) is 36.0. The first-order chi connectivity index (χ1) is 27.0. The minimum Gasteiger partial charge on any atom is -0.497 e. The molecule has 12 nitrogen and oxygen atoms in total. The monoisotopic (exact) mass is 785 g/mol. The number of carbonyl (C=O) groups excluding carboxylic acids is 2. The number of hydrogen-bond donors (Lipinski definition) is 6. The van der Waals surface area contributed by atoms with Gasteiger partial charge in [0.1, 0.15) is 17.5 Å². The normalized spacial score (nSPS) is 13.5. The van der Waals surface area contributed by atoms with Crippen LogP contribution in [-0.4, -0.2) is 73.9 Å². The van der Waals surface area contributed by atoms with Gasteiger partial charge in [-0.05, 0) is 89.6 Å². The SMILES string of the molecule is COc1cc(NC(C)CCCNC(=O)N[C@H](CCCCN)C(=O)NCCCC(C)Nc2cc(OC)cc3ccc(C(C)(C)C)nc23)c2nc(C(C)(C)C)ccc2c1. The molecule has 0 saturated carbocycles. The quantitative estimate of drug-likeness (QED) is 0.0485. The predicted octanol–water partition coefficient (Wildman–Crippen LogP) is 8.17. The summed E-state index contributed by atoms with van der Waals surface area (Å²) >= 11 is 0. The second kappa shape index (κ2) is 20.5. The van der Waals surface area contributed by atoms with E-state index in [1.54, 1.807) is 14.2 Å². The first-order valence-corrected chi connectivity index (χ1v) is 20.6. The van der Waals surface area contributed by atoms with Crippen molar-refractivity contribution in [3.63, 3.8) is 0 Å². The largest absolute Gasteiger partial charge is 0.497 e. The Hall–Kier alpha value is -4.84. The Morgan fingerprint density at radius 2 is 1.14 bits per heavy atom. The summed E-state index contributed by atoms with van der Waals surface area (Å²) < 4.78 is 11.1. The third-order valence-electron chi connectivity index (χ3n) is 10.1. The smallest absolute Gasteiger partial charge is 0.315 e. The van der Waals surface area contributed by atoms with Crippen LogP contribution in [0.2, 0.25) is 0 Å². The number of urea groups is 1. The average Bonchev–Trinajstić information content (AvgIpc) is 3.16. The van der Waals surface area contributed by atoms with Crippen LogP contribution < -0.4 is 41.8 Å². The topological polar surface area (TPSA) is 165 Å². The van der Waals surface area contributed by atoms with Gasteiger partial charge in [0.05, 0.1) is 36.6 Å². The fourth-order valence-electron chi connectivity index (χ4n) is 6.71. The van der Waals surface area contributed by atoms with E-state index in [-0.39, 0.29) is 34.9 Å². The summed E-state index contributed by atoms with van der Waals surface area (Å²) in [6.07, 6.45) is 5.18. The van der Waals surface area contributed by atoms with E-state index in [9.17, 15) is 9.59 Å². The highest BCUT2D eigenvalue weighted by Crippen LogP contribution is 2.33. The standard InChI is InChI=1S/C45H68N8O4/c1-29(49-36-27-33(56-9)25-31-18-20-38(44(3,4)5)52-40(31)36)15-13-23-47-42(54)35(17-11-12-22-46)51-43(55)48-24-14-16-30(2)50-37-28-34(57-10)26-32-19-21-39(45(6,7)8)53-41(32)37/h18-21,25-30,35,49-50H,11-17,22-24,46H2,1-10H3,(H,47,54)(H2,48,51,55)/t29?,30?,35-/m1/s1. The number of methoxy groups -OCH3 is 2. The van der Waals surface area contributed by atoms with Gasteiger partial charge in [0.15, 0.2) is 0 Å². The lowest BCUT2D eigenvalue weighted by atomic mass is 9.91. The van der Waals surface area contributed by atoms with Gasteiger partial charge in [0.25, 0.3) is 0 Å². The molecule has 4 rings (SSSR count). The highest BCUT2D eigenvalue weighted by atomic mass is 16.5. The highest BCUT2D eigenvalue weighted by Gasteiger charge is 2.22. The van der Waals surface area contributed by atoms with E-state index in [2.05, 4.69) is 106 Å². The summed E-state index contributed by atoms with van der Waals surface area (Å²) in [6.45, 7) is 18.7. The number of carbonyl (C=O) groups is 2. The molecule has 4 aromatic rings. The fraction of sp³-hybridized carbons (Fsp3) is 0.556. The molecule has 312 valence electrons. The molecule has 0 saturated heterocycles. The Morgan fingerprint density at radius 3 is 1.58 bits per heavy atom. The summed E-state index contributed by atoms with van der Waals surface area (Å²) in [7, 11) is 3.34. The Morgan fingerprint density at radius 1 is 0.667 bits per heavy atom. The van der Waals surface area contributed by atoms with E-state index >= 15 is 0 Å². The van der Waals surface area contributed by atoms with Crippen molar-refractivity contribution in [3.05, 3.63) is 59.9 Å². The number of unbranched alkanes of at least 4 members (excludes halogenated alkanes) is 1. The molecule has 0 bridgehead atoms. The van der Waals surface area contributed by atoms with Crippen LogP contribution in [0, 0.1) is 0 Å². The van der Waals surface area contributed by atoms with E-state index in [4.69, 9.17) is 25.2 Å². The van der Waals surface area contributed by atoms with E-state index in [1.165, 1.54) is 0 Å². The summed E-state index contributed by atoms with van der Waals surface area (Å²) in [4.78, 5) is 36.3. The molecule has 3 amide bonds. The van der Waals surface area contributed by atoms with Gasteiger partial charge in [-0.2, -0.15) is 0 Å². The molecule has 2 unspecified atom stereocenters. The molecule has 0 aliphatic heterocycles. The molecule has 0 radical (unpaired) electrons. The molecule has 0 aliphatic carbocycles. The molecule has 2 aromatic carbocycles. The molecule has 57 heavy (non-hydrogen) atoms. The van der Waals surface area contributed by atoms with Crippen LogP contribution in [0.1, 0.15) is 112 Å². The van der Waals surface area contributed by atoms with Gasteiger partial charge in [-0.15, -0.1) is 0 Å². The summed E-state index contributed by atoms with van der Waals surface area (Å²) in [6, 6.07) is 15.6. The number of nitrogens with two attached hydrogens (primary N) is 1. The second-order valence-corrected chi connectivity index (χ2v) is 17.3. The van der Waals surface area contributed by atoms with Crippen LogP contribution in [0.3, 0.4) is 0 Å². The molecular formula is C45H68N8O4. The number of aromatic nitrogens is 2. The highest BCUT2D eigenvalue weighted by molar-refractivity contribution is 5.93. The van der Waals surface area contributed by atoms with Gasteiger partial charge in [0.2, 0.25) is 5.91 Å². The number of hydrogen-bond acceptors (Lipinski definition) is 9. The van der Waals surface area contributed by atoms with Crippen molar-refractivity contribution in [2.75, 3.05) is 44.5 Å². The maximum atomic E-state index is 13.3. The zero-order chi connectivity index (χ0) is 41.8. The molecule has 7 N–H and O–H groups in total. The Kier molecular flexibility index (Phi) is 16.2.